The fraction of sp³-hybridized carbons (Fsp3) is 0.286. The number of fused-ring (bicyclic) bond motifs is 2. The molecule has 0 radical (unpaired) electrons. The first-order chi connectivity index (χ1) is 18.8. The maximum absolute atomic E-state index is 15.2. The van der Waals surface area contributed by atoms with E-state index in [1.165, 1.54) is 12.4 Å². The molecule has 11 heteroatoms. The summed E-state index contributed by atoms with van der Waals surface area (Å²) in [7, 11) is 2.11. The van der Waals surface area contributed by atoms with Gasteiger partial charge in [-0.2, -0.15) is 5.10 Å². The molecule has 1 aliphatic heterocycles. The smallest absolute Gasteiger partial charge is 0.343 e. The summed E-state index contributed by atoms with van der Waals surface area (Å²) < 4.78 is 23.5. The van der Waals surface area contributed by atoms with E-state index < -0.39 is 11.7 Å². The Balaban J connectivity index is 1.53. The number of nitrogen functional groups attached to an aromatic ring is 1. The van der Waals surface area contributed by atoms with Gasteiger partial charge in [0.05, 0.1) is 10.8 Å². The molecule has 1 aliphatic rings. The van der Waals surface area contributed by atoms with Crippen molar-refractivity contribution in [1.82, 2.24) is 29.5 Å². The van der Waals surface area contributed by atoms with E-state index >= 15 is 4.39 Å². The second-order valence-electron chi connectivity index (χ2n) is 9.97. The van der Waals surface area contributed by atoms with Gasteiger partial charge in [-0.05, 0) is 72.0 Å². The first-order valence-corrected chi connectivity index (χ1v) is 13.8. The van der Waals surface area contributed by atoms with Crippen molar-refractivity contribution in [2.24, 2.45) is 0 Å². The highest BCUT2D eigenvalue weighted by atomic mass is 127. The molecule has 5 aromatic rings. The lowest BCUT2D eigenvalue weighted by molar-refractivity contribution is 0.148. The van der Waals surface area contributed by atoms with Crippen molar-refractivity contribution in [2.45, 2.75) is 19.5 Å². The number of halogens is 2. The van der Waals surface area contributed by atoms with E-state index in [4.69, 9.17) is 10.2 Å². The van der Waals surface area contributed by atoms with Crippen molar-refractivity contribution in [3.8, 4) is 11.1 Å². The van der Waals surface area contributed by atoms with Gasteiger partial charge in [0.15, 0.2) is 5.65 Å². The van der Waals surface area contributed by atoms with Gasteiger partial charge in [0.25, 0.3) is 0 Å². The Morgan fingerprint density at radius 1 is 1.10 bits per heavy atom. The monoisotopic (exact) mass is 639 g/mol. The number of anilines is 1. The average molecular weight is 639 g/mol. The van der Waals surface area contributed by atoms with Gasteiger partial charge in [-0.15, -0.1) is 0 Å². The van der Waals surface area contributed by atoms with Crippen LogP contribution in [0.5, 0.6) is 0 Å². The van der Waals surface area contributed by atoms with Gasteiger partial charge in [-0.3, -0.25) is 4.90 Å². The minimum atomic E-state index is -0.554. The number of likely N-dealkylation sites (N-methyl/N-ethyl adjacent to an activating group) is 1. The fourth-order valence-corrected chi connectivity index (χ4v) is 6.04. The summed E-state index contributed by atoms with van der Waals surface area (Å²) in [5.74, 6) is 0.347. The van der Waals surface area contributed by atoms with E-state index in [0.717, 1.165) is 31.7 Å². The van der Waals surface area contributed by atoms with E-state index in [1.54, 1.807) is 22.9 Å². The minimum Gasteiger partial charge on any atom is -0.424 e. The normalized spacial score (nSPS) is 15.8. The Morgan fingerprint density at radius 2 is 1.85 bits per heavy atom. The number of nitrogens with two attached hydrogens (primary N) is 1. The lowest BCUT2D eigenvalue weighted by atomic mass is 9.94. The number of rotatable bonds is 5. The summed E-state index contributed by atoms with van der Waals surface area (Å²) in [6.07, 6.45) is 1.38. The Morgan fingerprint density at radius 3 is 2.62 bits per heavy atom. The highest BCUT2D eigenvalue weighted by Crippen LogP contribution is 2.37. The Labute approximate surface area is 237 Å². The molecule has 200 valence electrons. The minimum absolute atomic E-state index is 0.321. The summed E-state index contributed by atoms with van der Waals surface area (Å²) in [5.41, 5.74) is 8.33. The molecular weight excluding hydrogens is 612 g/mol. The first-order valence-electron chi connectivity index (χ1n) is 12.7. The number of nitrogens with zero attached hydrogens (tertiary/aromatic N) is 6. The molecular formula is C28H27FIN7O2. The molecule has 2 aromatic carbocycles. The summed E-state index contributed by atoms with van der Waals surface area (Å²) in [6, 6.07) is 11.8. The molecule has 0 saturated carbocycles. The van der Waals surface area contributed by atoms with Gasteiger partial charge in [0, 0.05) is 43.7 Å². The van der Waals surface area contributed by atoms with Crippen molar-refractivity contribution in [3.63, 3.8) is 0 Å². The zero-order chi connectivity index (χ0) is 27.3. The van der Waals surface area contributed by atoms with Gasteiger partial charge in [-0.1, -0.05) is 18.2 Å². The molecule has 39 heavy (non-hydrogen) atoms. The second-order valence-corrected chi connectivity index (χ2v) is 11.0. The van der Waals surface area contributed by atoms with Crippen LogP contribution in [-0.4, -0.2) is 62.8 Å². The van der Waals surface area contributed by atoms with E-state index in [9.17, 15) is 4.79 Å². The zero-order valence-corrected chi connectivity index (χ0v) is 23.7. The number of benzene rings is 2. The maximum Gasteiger partial charge on any atom is 0.343 e. The molecule has 9 nitrogen and oxygen atoms in total. The number of aromatic nitrogens is 4. The molecule has 4 heterocycles. The highest BCUT2D eigenvalue weighted by Gasteiger charge is 2.26. The Bertz CT molecular complexity index is 1760. The highest BCUT2D eigenvalue weighted by molar-refractivity contribution is 14.1. The second kappa shape index (κ2) is 10.3. The van der Waals surface area contributed by atoms with Crippen LogP contribution in [0.3, 0.4) is 0 Å². The van der Waals surface area contributed by atoms with Gasteiger partial charge in [0.2, 0.25) is 0 Å². The van der Waals surface area contributed by atoms with Gasteiger partial charge >= 0.3 is 5.63 Å². The predicted octanol–water partition coefficient (Wildman–Crippen LogP) is 4.28. The molecule has 0 spiro atoms. The van der Waals surface area contributed by atoms with Crippen molar-refractivity contribution < 1.29 is 8.81 Å². The third-order valence-corrected chi connectivity index (χ3v) is 8.09. The number of hydrogen-bond acceptors (Lipinski definition) is 8. The predicted molar refractivity (Wildman–Crippen MR) is 157 cm³/mol. The van der Waals surface area contributed by atoms with Crippen LogP contribution in [0.2, 0.25) is 0 Å². The van der Waals surface area contributed by atoms with E-state index in [-0.39, 0.29) is 5.82 Å². The molecule has 0 bridgehead atoms. The molecule has 1 fully saturated rings. The SMILES string of the molecule is CC(c1oc(=O)c2ccccc2c1-c1cc(F)cc(CN2CCN(C)CC2)c1)n1nc(I)c2c(N)ncnc21. The van der Waals surface area contributed by atoms with E-state index in [2.05, 4.69) is 54.5 Å². The molecule has 3 aromatic heterocycles. The standard InChI is InChI=1S/C28H27FIN7O2/c1-16(37-27-23(25(30)34-37)26(31)32-15-33-27)24-22(20-5-3-4-6-21(20)28(38)39-24)18-11-17(12-19(29)13-18)14-36-9-7-35(2)8-10-36/h3-6,11-13,15-16H,7-10,14H2,1-2H3,(H2,31,32,33). The molecule has 1 unspecified atom stereocenters. The zero-order valence-electron chi connectivity index (χ0n) is 21.6. The third-order valence-electron chi connectivity index (χ3n) is 7.34. The lowest BCUT2D eigenvalue weighted by Crippen LogP contribution is -2.43. The molecule has 0 aliphatic carbocycles. The van der Waals surface area contributed by atoms with Crippen LogP contribution >= 0.6 is 22.6 Å². The van der Waals surface area contributed by atoms with Crippen LogP contribution in [0.15, 0.2) is 58.0 Å². The average Bonchev–Trinajstić information content (AvgIpc) is 3.26. The van der Waals surface area contributed by atoms with Crippen LogP contribution in [0, 0.1) is 9.52 Å². The number of hydrogen-bond donors (Lipinski definition) is 1. The van der Waals surface area contributed by atoms with Crippen molar-refractivity contribution >= 4 is 50.2 Å². The largest absolute Gasteiger partial charge is 0.424 e. The number of piperazine rings is 1. The van der Waals surface area contributed by atoms with Crippen LogP contribution in [0.1, 0.15) is 24.3 Å². The van der Waals surface area contributed by atoms with Crippen LogP contribution < -0.4 is 11.4 Å². The summed E-state index contributed by atoms with van der Waals surface area (Å²) in [4.78, 5) is 26.3. The van der Waals surface area contributed by atoms with Gasteiger partial charge in [0.1, 0.15) is 33.5 Å². The van der Waals surface area contributed by atoms with Crippen molar-refractivity contribution in [3.05, 3.63) is 80.1 Å². The molecule has 0 amide bonds. The Hall–Kier alpha value is -3.42. The van der Waals surface area contributed by atoms with Crippen LogP contribution in [0.4, 0.5) is 10.2 Å². The molecule has 6 rings (SSSR count). The topological polar surface area (TPSA) is 106 Å². The summed E-state index contributed by atoms with van der Waals surface area (Å²) >= 11 is 2.09. The van der Waals surface area contributed by atoms with Crippen LogP contribution in [0.25, 0.3) is 32.9 Å². The molecule has 1 atom stereocenters. The molecule has 2 N–H and O–H groups in total. The van der Waals surface area contributed by atoms with Crippen molar-refractivity contribution in [2.75, 3.05) is 39.0 Å². The van der Waals surface area contributed by atoms with Crippen LogP contribution in [-0.2, 0) is 6.54 Å². The molecule has 1 saturated heterocycles. The summed E-state index contributed by atoms with van der Waals surface area (Å²) in [6.45, 7) is 6.30. The maximum atomic E-state index is 15.2. The Kier molecular flexibility index (Phi) is 6.81. The van der Waals surface area contributed by atoms with E-state index in [1.807, 2.05) is 25.1 Å². The first kappa shape index (κ1) is 25.8. The van der Waals surface area contributed by atoms with Crippen molar-refractivity contribution in [1.29, 1.82) is 0 Å². The van der Waals surface area contributed by atoms with Gasteiger partial charge < -0.3 is 15.1 Å². The third kappa shape index (κ3) is 4.79. The fourth-order valence-electron chi connectivity index (χ4n) is 5.29. The lowest BCUT2D eigenvalue weighted by Gasteiger charge is -2.32. The van der Waals surface area contributed by atoms with E-state index in [0.29, 0.717) is 54.8 Å². The van der Waals surface area contributed by atoms with Gasteiger partial charge in [-0.25, -0.2) is 23.8 Å². The summed E-state index contributed by atoms with van der Waals surface area (Å²) in [5, 5.41) is 6.42. The quantitative estimate of drug-likeness (QED) is 0.284.